The van der Waals surface area contributed by atoms with Crippen molar-refractivity contribution in [2.75, 3.05) is 7.11 Å². The topological polar surface area (TPSA) is 44.8 Å². The lowest BCUT2D eigenvalue weighted by molar-refractivity contribution is -0.213. The molecule has 0 saturated carbocycles. The molecule has 1 heterocycles. The molecule has 0 bridgehead atoms. The van der Waals surface area contributed by atoms with Gasteiger partial charge in [0.1, 0.15) is 5.82 Å². The Hall–Kier alpha value is -3.16. The maximum absolute atomic E-state index is 14.4. The summed E-state index contributed by atoms with van der Waals surface area (Å²) < 4.78 is 47.2. The summed E-state index contributed by atoms with van der Waals surface area (Å²) >= 11 is 0. The van der Waals surface area contributed by atoms with E-state index >= 15 is 0 Å². The van der Waals surface area contributed by atoms with Crippen LogP contribution in [0, 0.1) is 26.6 Å². The molecular formula is C36H39FO4S. The summed E-state index contributed by atoms with van der Waals surface area (Å²) in [5.41, 5.74) is 6.73. The highest BCUT2D eigenvalue weighted by Crippen LogP contribution is 2.41. The highest BCUT2D eigenvalue weighted by Gasteiger charge is 2.35. The van der Waals surface area contributed by atoms with Gasteiger partial charge < -0.3 is 14.2 Å². The molecule has 1 fully saturated rings. The lowest BCUT2D eigenvalue weighted by atomic mass is 9.88. The van der Waals surface area contributed by atoms with Gasteiger partial charge >= 0.3 is 0 Å². The van der Waals surface area contributed by atoms with Gasteiger partial charge in [0.05, 0.1) is 34.9 Å². The van der Waals surface area contributed by atoms with Gasteiger partial charge in [-0.3, -0.25) is 4.21 Å². The molecule has 42 heavy (non-hydrogen) atoms. The van der Waals surface area contributed by atoms with Gasteiger partial charge in [-0.05, 0) is 84.8 Å². The highest BCUT2D eigenvalue weighted by molar-refractivity contribution is 7.85. The smallest absolute Gasteiger partial charge is 0.160 e. The molecule has 0 N–H and O–H groups in total. The Labute approximate surface area is 251 Å². The monoisotopic (exact) mass is 586 g/mol. The summed E-state index contributed by atoms with van der Waals surface area (Å²) in [6.07, 6.45) is 1.13. The largest absolute Gasteiger partial charge is 0.373 e. The van der Waals surface area contributed by atoms with Crippen LogP contribution in [0.1, 0.15) is 52.3 Å². The fourth-order valence-electron chi connectivity index (χ4n) is 5.88. The SMILES string of the molecule is CO[C@@H]1C[C@H](OCc2ccccc2)C[C@@H](CC(c2c(C)cc(C)cc2-c2ccc(F)c(C)c2)S(=O)c2ccccc2)O1. The van der Waals surface area contributed by atoms with E-state index in [2.05, 4.69) is 38.1 Å². The van der Waals surface area contributed by atoms with Gasteiger partial charge in [0.25, 0.3) is 0 Å². The molecule has 4 aromatic rings. The van der Waals surface area contributed by atoms with Gasteiger partial charge in [-0.1, -0.05) is 72.3 Å². The van der Waals surface area contributed by atoms with Crippen LogP contribution in [-0.2, 0) is 31.6 Å². The van der Waals surface area contributed by atoms with Gasteiger partial charge in [-0.25, -0.2) is 4.39 Å². The van der Waals surface area contributed by atoms with Gasteiger partial charge in [0.15, 0.2) is 6.29 Å². The van der Waals surface area contributed by atoms with Crippen LogP contribution in [0.2, 0.25) is 0 Å². The molecule has 2 unspecified atom stereocenters. The molecule has 1 aliphatic rings. The molecule has 1 saturated heterocycles. The molecule has 0 spiro atoms. The van der Waals surface area contributed by atoms with Gasteiger partial charge in [0.2, 0.25) is 0 Å². The number of ether oxygens (including phenoxy) is 3. The third-order valence-corrected chi connectivity index (χ3v) is 9.63. The molecule has 5 rings (SSSR count). The molecule has 1 aliphatic heterocycles. The van der Waals surface area contributed by atoms with Crippen LogP contribution in [0.25, 0.3) is 11.1 Å². The van der Waals surface area contributed by atoms with Crippen molar-refractivity contribution in [1.82, 2.24) is 0 Å². The van der Waals surface area contributed by atoms with Crippen LogP contribution in [0.3, 0.4) is 0 Å². The first-order valence-corrected chi connectivity index (χ1v) is 15.7. The Kier molecular flexibility index (Phi) is 10.0. The van der Waals surface area contributed by atoms with E-state index in [0.29, 0.717) is 31.4 Å². The molecule has 4 aromatic carbocycles. The molecule has 220 valence electrons. The van der Waals surface area contributed by atoms with Crippen LogP contribution in [0.4, 0.5) is 4.39 Å². The van der Waals surface area contributed by atoms with E-state index in [1.165, 1.54) is 6.07 Å². The zero-order valence-corrected chi connectivity index (χ0v) is 25.5. The molecule has 6 heteroatoms. The average Bonchev–Trinajstić information content (AvgIpc) is 3.00. The zero-order chi connectivity index (χ0) is 29.6. The summed E-state index contributed by atoms with van der Waals surface area (Å²) in [5, 5.41) is -0.372. The summed E-state index contributed by atoms with van der Waals surface area (Å²) in [4.78, 5) is 0.764. The predicted octanol–water partition coefficient (Wildman–Crippen LogP) is 8.39. The molecule has 0 radical (unpaired) electrons. The van der Waals surface area contributed by atoms with Gasteiger partial charge in [-0.15, -0.1) is 0 Å². The summed E-state index contributed by atoms with van der Waals surface area (Å²) in [7, 11) is 0.275. The van der Waals surface area contributed by atoms with Gasteiger partial charge in [-0.2, -0.15) is 0 Å². The van der Waals surface area contributed by atoms with Crippen molar-refractivity contribution in [3.63, 3.8) is 0 Å². The lowest BCUT2D eigenvalue weighted by Gasteiger charge is -2.36. The van der Waals surface area contributed by atoms with Crippen LogP contribution < -0.4 is 0 Å². The van der Waals surface area contributed by atoms with E-state index in [1.54, 1.807) is 14.0 Å². The van der Waals surface area contributed by atoms with Crippen LogP contribution in [0.15, 0.2) is 95.9 Å². The van der Waals surface area contributed by atoms with E-state index in [-0.39, 0.29) is 23.3 Å². The molecule has 0 aliphatic carbocycles. The van der Waals surface area contributed by atoms with E-state index in [1.807, 2.05) is 60.7 Å². The van der Waals surface area contributed by atoms with Crippen molar-refractivity contribution in [3.05, 3.63) is 125 Å². The first-order chi connectivity index (χ1) is 20.3. The molecule has 4 nitrogen and oxygen atoms in total. The Morgan fingerprint density at radius 3 is 2.31 bits per heavy atom. The Morgan fingerprint density at radius 2 is 1.62 bits per heavy atom. The van der Waals surface area contributed by atoms with Gasteiger partial charge in [0, 0.05) is 24.8 Å². The fourth-order valence-corrected chi connectivity index (χ4v) is 7.56. The minimum atomic E-state index is -1.38. The number of halogens is 1. The average molecular weight is 587 g/mol. The quantitative estimate of drug-likeness (QED) is 0.187. The standard InChI is InChI=1S/C36H39FO4S/c1-24-17-26(3)36(32(18-24)28-15-16-33(37)25(2)19-28)34(42(38)31-13-9-6-10-14-31)21-30-20-29(22-35(39-4)41-30)40-23-27-11-7-5-8-12-27/h5-19,29-30,34-35H,20-23H2,1-4H3/t29-,30+,34?,35+,42?/m1/s1. The maximum Gasteiger partial charge on any atom is 0.160 e. The van der Waals surface area contributed by atoms with Crippen molar-refractivity contribution in [1.29, 1.82) is 0 Å². The molecule has 0 aromatic heterocycles. The first-order valence-electron chi connectivity index (χ1n) is 14.5. The molecular weight excluding hydrogens is 547 g/mol. The minimum absolute atomic E-state index is 0.0574. The second kappa shape index (κ2) is 13.9. The number of hydrogen-bond donors (Lipinski definition) is 0. The second-order valence-electron chi connectivity index (χ2n) is 11.2. The molecule has 5 atom stereocenters. The van der Waals surface area contributed by atoms with E-state index in [0.717, 1.165) is 38.3 Å². The van der Waals surface area contributed by atoms with E-state index in [4.69, 9.17) is 14.2 Å². The normalized spacial score (nSPS) is 20.3. The van der Waals surface area contributed by atoms with Crippen LogP contribution in [0.5, 0.6) is 0 Å². The summed E-state index contributed by atoms with van der Waals surface area (Å²) in [6.45, 7) is 6.42. The third-order valence-electron chi connectivity index (χ3n) is 7.95. The Balaban J connectivity index is 1.51. The highest BCUT2D eigenvalue weighted by atomic mass is 32.2. The van der Waals surface area contributed by atoms with Crippen molar-refractivity contribution in [2.24, 2.45) is 0 Å². The summed E-state index contributed by atoms with van der Waals surface area (Å²) in [5.74, 6) is -0.239. The molecule has 0 amide bonds. The minimum Gasteiger partial charge on any atom is -0.373 e. The maximum atomic E-state index is 14.4. The number of rotatable bonds is 10. The van der Waals surface area contributed by atoms with Crippen LogP contribution in [-0.4, -0.2) is 29.8 Å². The number of hydrogen-bond acceptors (Lipinski definition) is 4. The van der Waals surface area contributed by atoms with Crippen molar-refractivity contribution in [2.45, 2.75) is 75.3 Å². The number of aryl methyl sites for hydroxylation is 3. The van der Waals surface area contributed by atoms with Crippen molar-refractivity contribution >= 4 is 10.8 Å². The van der Waals surface area contributed by atoms with Crippen molar-refractivity contribution in [3.8, 4) is 11.1 Å². The lowest BCUT2D eigenvalue weighted by Crippen LogP contribution is -2.39. The first kappa shape index (κ1) is 30.3. The summed E-state index contributed by atoms with van der Waals surface area (Å²) in [6, 6.07) is 29.2. The predicted molar refractivity (Wildman–Crippen MR) is 166 cm³/mol. The fraction of sp³-hybridized carbons (Fsp3) is 0.333. The van der Waals surface area contributed by atoms with E-state index < -0.39 is 17.1 Å². The van der Waals surface area contributed by atoms with E-state index in [9.17, 15) is 8.60 Å². The third kappa shape index (κ3) is 7.24. The van der Waals surface area contributed by atoms with Crippen LogP contribution >= 0.6 is 0 Å². The number of methoxy groups -OCH3 is 1. The Morgan fingerprint density at radius 1 is 0.905 bits per heavy atom. The number of benzene rings is 4. The Bertz CT molecular complexity index is 1510. The zero-order valence-electron chi connectivity index (χ0n) is 24.7. The second-order valence-corrected chi connectivity index (χ2v) is 12.8. The van der Waals surface area contributed by atoms with Crippen molar-refractivity contribution < 1.29 is 22.8 Å².